The highest BCUT2D eigenvalue weighted by molar-refractivity contribution is 5.92. The lowest BCUT2D eigenvalue weighted by molar-refractivity contribution is -0.141. The summed E-state index contributed by atoms with van der Waals surface area (Å²) in [7, 11) is 0. The van der Waals surface area contributed by atoms with Gasteiger partial charge >= 0.3 is 5.97 Å². The van der Waals surface area contributed by atoms with E-state index >= 15 is 0 Å². The van der Waals surface area contributed by atoms with Gasteiger partial charge in [0.2, 0.25) is 17.7 Å². The molecule has 0 aliphatic heterocycles. The Kier molecular flexibility index (Phi) is 12.0. The van der Waals surface area contributed by atoms with E-state index in [2.05, 4.69) is 16.0 Å². The molecule has 0 spiro atoms. The van der Waals surface area contributed by atoms with Gasteiger partial charge in [-0.05, 0) is 30.9 Å². The first-order chi connectivity index (χ1) is 15.1. The molecule has 1 aromatic carbocycles. The third-order valence-electron chi connectivity index (χ3n) is 4.89. The minimum Gasteiger partial charge on any atom is -0.480 e. The van der Waals surface area contributed by atoms with Crippen LogP contribution in [0.4, 0.5) is 0 Å². The Hall–Kier alpha value is -2.98. The zero-order chi connectivity index (χ0) is 24.1. The Labute approximate surface area is 188 Å². The molecule has 8 N–H and O–H groups in total. The fourth-order valence-electron chi connectivity index (χ4n) is 3.01. The van der Waals surface area contributed by atoms with Crippen LogP contribution < -0.4 is 27.4 Å². The van der Waals surface area contributed by atoms with Crippen molar-refractivity contribution < 1.29 is 24.3 Å². The minimum absolute atomic E-state index is 0.114. The summed E-state index contributed by atoms with van der Waals surface area (Å²) < 4.78 is 0. The summed E-state index contributed by atoms with van der Waals surface area (Å²) in [5.74, 6) is -3.07. The predicted octanol–water partition coefficient (Wildman–Crippen LogP) is -0.488. The van der Waals surface area contributed by atoms with Crippen LogP contribution in [0, 0.1) is 5.92 Å². The zero-order valence-electron chi connectivity index (χ0n) is 18.7. The van der Waals surface area contributed by atoms with E-state index in [1.54, 1.807) is 38.1 Å². The molecule has 0 aliphatic carbocycles. The van der Waals surface area contributed by atoms with Crippen molar-refractivity contribution in [3.05, 3.63) is 35.9 Å². The third-order valence-corrected chi connectivity index (χ3v) is 4.89. The molecule has 0 aromatic heterocycles. The molecule has 0 bridgehead atoms. The van der Waals surface area contributed by atoms with Gasteiger partial charge in [-0.3, -0.25) is 14.4 Å². The Morgan fingerprint density at radius 1 is 1.00 bits per heavy atom. The van der Waals surface area contributed by atoms with Crippen LogP contribution >= 0.6 is 0 Å². The van der Waals surface area contributed by atoms with Gasteiger partial charge < -0.3 is 32.5 Å². The molecule has 3 atom stereocenters. The standard InChI is InChI=1S/C22H35N5O5/c1-14(2)19(27-20(29)16(24)10-6-7-11-23)21(30)25-13-18(28)26-17(22(31)32)12-15-8-4-3-5-9-15/h3-5,8-9,14,16-17,19H,6-7,10-13,23-24H2,1-2H3,(H,25,30)(H,26,28)(H,27,29)(H,31,32). The van der Waals surface area contributed by atoms with E-state index in [-0.39, 0.29) is 12.3 Å². The van der Waals surface area contributed by atoms with Gasteiger partial charge in [-0.1, -0.05) is 50.6 Å². The molecule has 32 heavy (non-hydrogen) atoms. The van der Waals surface area contributed by atoms with E-state index in [0.29, 0.717) is 19.4 Å². The topological polar surface area (TPSA) is 177 Å². The van der Waals surface area contributed by atoms with E-state index < -0.39 is 48.4 Å². The van der Waals surface area contributed by atoms with Crippen molar-refractivity contribution in [2.75, 3.05) is 13.1 Å². The maximum Gasteiger partial charge on any atom is 0.326 e. The lowest BCUT2D eigenvalue weighted by atomic mass is 10.0. The molecule has 1 aromatic rings. The molecule has 178 valence electrons. The summed E-state index contributed by atoms with van der Waals surface area (Å²) in [6, 6.07) is 6.13. The molecule has 1 rings (SSSR count). The normalized spacial score (nSPS) is 13.7. The number of nitrogens with one attached hydrogen (secondary N) is 3. The fraction of sp³-hybridized carbons (Fsp3) is 0.545. The van der Waals surface area contributed by atoms with Crippen LogP contribution in [0.5, 0.6) is 0 Å². The van der Waals surface area contributed by atoms with Crippen LogP contribution in [-0.2, 0) is 25.6 Å². The molecule has 3 unspecified atom stereocenters. The lowest BCUT2D eigenvalue weighted by Gasteiger charge is -2.23. The van der Waals surface area contributed by atoms with Crippen LogP contribution in [0.3, 0.4) is 0 Å². The van der Waals surface area contributed by atoms with Crippen molar-refractivity contribution >= 4 is 23.7 Å². The number of carbonyl (C=O) groups is 4. The summed E-state index contributed by atoms with van der Waals surface area (Å²) in [6.07, 6.45) is 2.03. The molecule has 0 radical (unpaired) electrons. The van der Waals surface area contributed by atoms with Gasteiger partial charge in [-0.25, -0.2) is 4.79 Å². The largest absolute Gasteiger partial charge is 0.480 e. The zero-order valence-corrected chi connectivity index (χ0v) is 18.7. The van der Waals surface area contributed by atoms with Gasteiger partial charge in [0, 0.05) is 6.42 Å². The van der Waals surface area contributed by atoms with Crippen LogP contribution in [0.1, 0.15) is 38.7 Å². The molecular weight excluding hydrogens is 414 g/mol. The number of hydrogen-bond donors (Lipinski definition) is 6. The molecule has 0 saturated heterocycles. The van der Waals surface area contributed by atoms with Gasteiger partial charge in [-0.15, -0.1) is 0 Å². The number of amides is 3. The summed E-state index contributed by atoms with van der Waals surface area (Å²) >= 11 is 0. The van der Waals surface area contributed by atoms with Crippen molar-refractivity contribution in [3.8, 4) is 0 Å². The third kappa shape index (κ3) is 9.88. The second-order valence-electron chi connectivity index (χ2n) is 7.99. The Bertz CT molecular complexity index is 756. The van der Waals surface area contributed by atoms with Crippen molar-refractivity contribution in [2.45, 2.75) is 57.7 Å². The van der Waals surface area contributed by atoms with Crippen LogP contribution in [0.15, 0.2) is 30.3 Å². The second-order valence-corrected chi connectivity index (χ2v) is 7.99. The van der Waals surface area contributed by atoms with Gasteiger partial charge in [0.25, 0.3) is 0 Å². The van der Waals surface area contributed by atoms with Gasteiger partial charge in [0.1, 0.15) is 12.1 Å². The van der Waals surface area contributed by atoms with E-state index in [9.17, 15) is 24.3 Å². The highest BCUT2D eigenvalue weighted by atomic mass is 16.4. The first-order valence-electron chi connectivity index (χ1n) is 10.8. The van der Waals surface area contributed by atoms with E-state index in [1.807, 2.05) is 6.07 Å². The smallest absolute Gasteiger partial charge is 0.326 e. The average Bonchev–Trinajstić information content (AvgIpc) is 2.75. The summed E-state index contributed by atoms with van der Waals surface area (Å²) in [5, 5.41) is 16.9. The van der Waals surface area contributed by atoms with Crippen molar-refractivity contribution in [2.24, 2.45) is 17.4 Å². The molecular formula is C22H35N5O5. The van der Waals surface area contributed by atoms with Crippen molar-refractivity contribution in [1.82, 2.24) is 16.0 Å². The Morgan fingerprint density at radius 2 is 1.66 bits per heavy atom. The molecule has 0 aliphatic rings. The number of aliphatic carboxylic acids is 1. The predicted molar refractivity (Wildman–Crippen MR) is 120 cm³/mol. The number of carbonyl (C=O) groups excluding carboxylic acids is 3. The first-order valence-corrected chi connectivity index (χ1v) is 10.8. The molecule has 0 fully saturated rings. The average molecular weight is 450 g/mol. The molecule has 10 heteroatoms. The number of benzene rings is 1. The number of hydrogen-bond acceptors (Lipinski definition) is 6. The molecule has 0 heterocycles. The van der Waals surface area contributed by atoms with E-state index in [4.69, 9.17) is 11.5 Å². The van der Waals surface area contributed by atoms with Crippen LogP contribution in [0.2, 0.25) is 0 Å². The summed E-state index contributed by atoms with van der Waals surface area (Å²) in [4.78, 5) is 48.5. The first kappa shape index (κ1) is 27.1. The SMILES string of the molecule is CC(C)C(NC(=O)C(N)CCCCN)C(=O)NCC(=O)NC(Cc1ccccc1)C(=O)O. The second kappa shape index (κ2) is 14.2. The highest BCUT2D eigenvalue weighted by Gasteiger charge is 2.27. The monoisotopic (exact) mass is 449 g/mol. The molecule has 3 amide bonds. The van der Waals surface area contributed by atoms with E-state index in [0.717, 1.165) is 12.0 Å². The summed E-state index contributed by atoms with van der Waals surface area (Å²) in [6.45, 7) is 3.61. The van der Waals surface area contributed by atoms with Gasteiger partial charge in [0.15, 0.2) is 0 Å². The van der Waals surface area contributed by atoms with Crippen molar-refractivity contribution in [3.63, 3.8) is 0 Å². The number of rotatable bonds is 14. The van der Waals surface area contributed by atoms with E-state index in [1.165, 1.54) is 0 Å². The van der Waals surface area contributed by atoms with Crippen LogP contribution in [0.25, 0.3) is 0 Å². The number of unbranched alkanes of at least 4 members (excludes halogenated alkanes) is 1. The van der Waals surface area contributed by atoms with Gasteiger partial charge in [0.05, 0.1) is 12.6 Å². The fourth-order valence-corrected chi connectivity index (χ4v) is 3.01. The number of carboxylic acid groups (broad SMARTS) is 1. The lowest BCUT2D eigenvalue weighted by Crippen LogP contribution is -2.55. The summed E-state index contributed by atoms with van der Waals surface area (Å²) in [5.41, 5.74) is 12.1. The Balaban J connectivity index is 2.58. The molecule has 10 nitrogen and oxygen atoms in total. The number of nitrogens with two attached hydrogens (primary N) is 2. The number of carboxylic acids is 1. The maximum absolute atomic E-state index is 12.5. The quantitative estimate of drug-likeness (QED) is 0.208. The highest BCUT2D eigenvalue weighted by Crippen LogP contribution is 2.05. The van der Waals surface area contributed by atoms with Crippen molar-refractivity contribution in [1.29, 1.82) is 0 Å². The minimum atomic E-state index is -1.18. The van der Waals surface area contributed by atoms with Gasteiger partial charge in [-0.2, -0.15) is 0 Å². The maximum atomic E-state index is 12.5. The van der Waals surface area contributed by atoms with Crippen LogP contribution in [-0.4, -0.2) is 60.0 Å². The Morgan fingerprint density at radius 3 is 2.22 bits per heavy atom. The molecule has 0 saturated carbocycles.